The molecular weight excluding hydrogens is 484 g/mol. The highest BCUT2D eigenvalue weighted by atomic mass is 16.5. The van der Waals surface area contributed by atoms with Crippen molar-refractivity contribution < 1.29 is 44.0 Å². The second-order valence-corrected chi connectivity index (χ2v) is 10.5. The number of nitrogens with two attached hydrogens (primary N) is 1. The zero-order chi connectivity index (χ0) is 27.6. The largest absolute Gasteiger partial charge is 0.507 e. The van der Waals surface area contributed by atoms with Crippen LogP contribution in [0.1, 0.15) is 48.5 Å². The molecule has 0 aromatic heterocycles. The third kappa shape index (κ3) is 3.75. The molecule has 0 saturated heterocycles. The van der Waals surface area contributed by atoms with Crippen LogP contribution in [0.3, 0.4) is 0 Å². The molecule has 1 aromatic rings. The van der Waals surface area contributed by atoms with Gasteiger partial charge in [0.15, 0.2) is 28.7 Å². The number of phenols is 1. The molecule has 11 heteroatoms. The molecular formula is C26H32N2O9. The number of aliphatic hydroxyl groups excluding tert-OH is 1. The molecule has 3 unspecified atom stereocenters. The fraction of sp³-hybridized carbons (Fsp3) is 0.577. The molecule has 0 amide bonds. The maximum Gasteiger partial charge on any atom is 0.306 e. The molecule has 0 radical (unpaired) electrons. The minimum atomic E-state index is -2.95. The van der Waals surface area contributed by atoms with Gasteiger partial charge in [-0.25, -0.2) is 0 Å². The minimum absolute atomic E-state index is 0.00858. The number of Topliss-reactive ketones (excluding diaryl/α,β-unsaturated/α-hetero) is 4. The number of phenolic OH excluding ortho intramolecular Hbond substituents is 1. The first-order valence-corrected chi connectivity index (χ1v) is 12.3. The summed E-state index contributed by atoms with van der Waals surface area (Å²) in [6.45, 7) is 3.45. The van der Waals surface area contributed by atoms with Crippen LogP contribution in [0.5, 0.6) is 5.75 Å². The summed E-state index contributed by atoms with van der Waals surface area (Å²) in [6, 6.07) is 3.11. The Hall–Kier alpha value is -2.99. The van der Waals surface area contributed by atoms with Gasteiger partial charge in [0.25, 0.3) is 0 Å². The zero-order valence-corrected chi connectivity index (χ0v) is 21.1. The van der Waals surface area contributed by atoms with E-state index in [1.54, 1.807) is 26.0 Å². The number of hydrogen-bond acceptors (Lipinski definition) is 11. The normalized spacial score (nSPS) is 36.1. The summed E-state index contributed by atoms with van der Waals surface area (Å²) in [6.07, 6.45) is -2.98. The van der Waals surface area contributed by atoms with Crippen molar-refractivity contribution in [1.82, 2.24) is 4.90 Å². The molecule has 9 atom stereocenters. The summed E-state index contributed by atoms with van der Waals surface area (Å²) in [5, 5.41) is 32.5. The highest BCUT2D eigenvalue weighted by Gasteiger charge is 2.73. The van der Waals surface area contributed by atoms with Crippen molar-refractivity contribution >= 4 is 29.1 Å². The van der Waals surface area contributed by atoms with E-state index >= 15 is 0 Å². The maximum atomic E-state index is 14.0. The number of rotatable bonds is 5. The van der Waals surface area contributed by atoms with Gasteiger partial charge < -0.3 is 25.8 Å². The number of ketones is 4. The Balaban J connectivity index is 2.00. The monoisotopic (exact) mass is 516 g/mol. The van der Waals surface area contributed by atoms with E-state index in [1.165, 1.54) is 25.1 Å². The van der Waals surface area contributed by atoms with Crippen LogP contribution in [0, 0.1) is 23.7 Å². The second-order valence-electron chi connectivity index (χ2n) is 10.5. The molecule has 1 aromatic carbocycles. The highest BCUT2D eigenvalue weighted by Crippen LogP contribution is 2.55. The van der Waals surface area contributed by atoms with Crippen LogP contribution in [0.25, 0.3) is 0 Å². The maximum absolute atomic E-state index is 14.0. The number of nitrogens with zero attached hydrogens (tertiary/aromatic N) is 1. The summed E-state index contributed by atoms with van der Waals surface area (Å²) in [4.78, 5) is 69.0. The molecule has 0 spiro atoms. The lowest BCUT2D eigenvalue weighted by atomic mass is 9.49. The lowest BCUT2D eigenvalue weighted by Gasteiger charge is -2.57. The Labute approximate surface area is 213 Å². The summed E-state index contributed by atoms with van der Waals surface area (Å²) in [5.41, 5.74) is 2.90. The van der Waals surface area contributed by atoms with Crippen molar-refractivity contribution in [1.29, 1.82) is 0 Å². The first-order chi connectivity index (χ1) is 17.3. The van der Waals surface area contributed by atoms with E-state index in [9.17, 15) is 39.3 Å². The van der Waals surface area contributed by atoms with E-state index in [1.807, 2.05) is 0 Å². The highest BCUT2D eigenvalue weighted by molar-refractivity contribution is 6.27. The molecule has 0 heterocycles. The van der Waals surface area contributed by atoms with E-state index in [0.717, 1.165) is 0 Å². The van der Waals surface area contributed by atoms with Crippen LogP contribution in [0.15, 0.2) is 18.2 Å². The molecule has 3 aliphatic carbocycles. The van der Waals surface area contributed by atoms with Gasteiger partial charge in [0, 0.05) is 12.3 Å². The van der Waals surface area contributed by atoms with Gasteiger partial charge in [-0.2, -0.15) is 0 Å². The van der Waals surface area contributed by atoms with E-state index in [4.69, 9.17) is 10.5 Å². The quantitative estimate of drug-likeness (QED) is 0.226. The van der Waals surface area contributed by atoms with Gasteiger partial charge in [0.1, 0.15) is 24.0 Å². The van der Waals surface area contributed by atoms with Crippen molar-refractivity contribution in [2.24, 2.45) is 29.4 Å². The van der Waals surface area contributed by atoms with E-state index in [-0.39, 0.29) is 17.7 Å². The third-order valence-corrected chi connectivity index (χ3v) is 8.15. The van der Waals surface area contributed by atoms with Crippen LogP contribution in [-0.2, 0) is 23.9 Å². The number of carbonyl (C=O) groups is 5. The Morgan fingerprint density at radius 3 is 2.41 bits per heavy atom. The molecule has 2 saturated carbocycles. The fourth-order valence-electron chi connectivity index (χ4n) is 6.57. The van der Waals surface area contributed by atoms with Crippen molar-refractivity contribution in [3.63, 3.8) is 0 Å². The van der Waals surface area contributed by atoms with Gasteiger partial charge in [-0.05, 0) is 38.1 Å². The van der Waals surface area contributed by atoms with Crippen LogP contribution in [0.4, 0.5) is 0 Å². The number of benzene rings is 1. The second kappa shape index (κ2) is 9.39. The number of carbonyl (C=O) groups excluding carboxylic acids is 5. The number of esters is 1. The third-order valence-electron chi connectivity index (χ3n) is 8.15. The van der Waals surface area contributed by atoms with E-state index in [2.05, 4.69) is 0 Å². The smallest absolute Gasteiger partial charge is 0.306 e. The summed E-state index contributed by atoms with van der Waals surface area (Å²) in [5.74, 6) is -12.0. The Morgan fingerprint density at radius 1 is 1.19 bits per heavy atom. The number of aromatic hydroxyl groups is 1. The average Bonchev–Trinajstić information content (AvgIpc) is 2.80. The Bertz CT molecular complexity index is 1180. The lowest BCUT2D eigenvalue weighted by Crippen LogP contribution is -2.78. The first-order valence-electron chi connectivity index (χ1n) is 12.3. The van der Waals surface area contributed by atoms with Crippen molar-refractivity contribution in [3.05, 3.63) is 29.3 Å². The van der Waals surface area contributed by atoms with Crippen LogP contribution in [-0.4, -0.2) is 87.4 Å². The molecule has 200 valence electrons. The van der Waals surface area contributed by atoms with Crippen LogP contribution in [0.2, 0.25) is 0 Å². The van der Waals surface area contributed by atoms with E-state index < -0.39 is 82.7 Å². The number of likely N-dealkylation sites (N-methyl/N-ethyl adjacent to an activating group) is 1. The van der Waals surface area contributed by atoms with Crippen molar-refractivity contribution in [2.45, 2.75) is 56.6 Å². The van der Waals surface area contributed by atoms with Crippen LogP contribution < -0.4 is 5.73 Å². The number of fused-ring (bicyclic) bond motifs is 3. The minimum Gasteiger partial charge on any atom is -0.507 e. The standard InChI is InChI=1S/C26H32N2O9/c1-5-7-13(30)37-22-14-10(2)11-8-6-9-12(29)15(11)20(31)16(14)23(33)26(36)18(22)19(28(3)4)21(32)17(24(26)34)25(27)35/h6,8-10,14,16-19,22,25,29,35-36H,5,7,27H2,1-4H3/t10-,14+,16?,17?,18+,19-,22-,25?,26-/m0/s1. The van der Waals surface area contributed by atoms with Crippen molar-refractivity contribution in [3.8, 4) is 5.75 Å². The lowest BCUT2D eigenvalue weighted by molar-refractivity contribution is -0.207. The van der Waals surface area contributed by atoms with Gasteiger partial charge in [-0.1, -0.05) is 26.0 Å². The van der Waals surface area contributed by atoms with Gasteiger partial charge >= 0.3 is 5.97 Å². The Kier molecular flexibility index (Phi) is 6.87. The predicted octanol–water partition coefficient (Wildman–Crippen LogP) is -0.458. The molecule has 0 bridgehead atoms. The SMILES string of the molecule is CCCC(=O)O[C@H]1[C@H]2C(C(=O)c3c(O)cccc3[C@@H]2C)C(=O)[C@]2(O)C(=O)C(C(N)O)C(=O)[C@@H](N(C)C)[C@H]12. The van der Waals surface area contributed by atoms with Crippen molar-refractivity contribution in [2.75, 3.05) is 14.1 Å². The molecule has 11 nitrogen and oxygen atoms in total. The van der Waals surface area contributed by atoms with Crippen LogP contribution >= 0.6 is 0 Å². The zero-order valence-electron chi connectivity index (χ0n) is 21.1. The van der Waals surface area contributed by atoms with Gasteiger partial charge in [-0.3, -0.25) is 28.9 Å². The molecule has 5 N–H and O–H groups in total. The summed E-state index contributed by atoms with van der Waals surface area (Å²) < 4.78 is 5.83. The molecule has 0 aliphatic heterocycles. The Morgan fingerprint density at radius 2 is 1.84 bits per heavy atom. The van der Waals surface area contributed by atoms with Gasteiger partial charge in [0.2, 0.25) is 0 Å². The number of hydrogen-bond donors (Lipinski definition) is 4. The summed E-state index contributed by atoms with van der Waals surface area (Å²) >= 11 is 0. The first kappa shape index (κ1) is 27.1. The average molecular weight is 517 g/mol. The number of ether oxygens (including phenoxy) is 1. The van der Waals surface area contributed by atoms with Gasteiger partial charge in [-0.15, -0.1) is 0 Å². The molecule has 3 aliphatic rings. The summed E-state index contributed by atoms with van der Waals surface area (Å²) in [7, 11) is 2.98. The molecule has 2 fully saturated rings. The predicted molar refractivity (Wildman–Crippen MR) is 127 cm³/mol. The fourth-order valence-corrected chi connectivity index (χ4v) is 6.57. The topological polar surface area (TPSA) is 185 Å². The molecule has 37 heavy (non-hydrogen) atoms. The van der Waals surface area contributed by atoms with E-state index in [0.29, 0.717) is 12.0 Å². The number of aliphatic hydroxyl groups is 2. The van der Waals surface area contributed by atoms with Gasteiger partial charge in [0.05, 0.1) is 23.4 Å². The molecule has 4 rings (SSSR count).